The molecule has 0 bridgehead atoms. The van der Waals surface area contributed by atoms with Gasteiger partial charge in [0.05, 0.1) is 13.2 Å². The zero-order chi connectivity index (χ0) is 15.2. The van der Waals surface area contributed by atoms with Crippen molar-refractivity contribution in [2.45, 2.75) is 25.9 Å². The molecule has 1 aromatic carbocycles. The third-order valence-electron chi connectivity index (χ3n) is 3.73. The Kier molecular flexibility index (Phi) is 5.79. The maximum Gasteiger partial charge on any atom is 0.123 e. The van der Waals surface area contributed by atoms with Gasteiger partial charge in [0, 0.05) is 28.4 Å². The first kappa shape index (κ1) is 16.0. The highest BCUT2D eigenvalue weighted by molar-refractivity contribution is 7.12. The first-order valence-corrected chi connectivity index (χ1v) is 8.12. The van der Waals surface area contributed by atoms with E-state index in [1.54, 1.807) is 7.11 Å². The molecule has 114 valence electrons. The molecule has 1 heterocycles. The fourth-order valence-electron chi connectivity index (χ4n) is 2.49. The molecule has 0 saturated heterocycles. The number of nitrogens with zero attached hydrogens (tertiary/aromatic N) is 1. The number of likely N-dealkylation sites (N-methyl/N-ethyl adjacent to an activating group) is 1. The number of hydrogen-bond donors (Lipinski definition) is 1. The van der Waals surface area contributed by atoms with Gasteiger partial charge >= 0.3 is 0 Å². The predicted molar refractivity (Wildman–Crippen MR) is 90.0 cm³/mol. The maximum absolute atomic E-state index is 6.01. The number of ether oxygens (including phenoxy) is 1. The summed E-state index contributed by atoms with van der Waals surface area (Å²) in [6.45, 7) is 3.63. The van der Waals surface area contributed by atoms with Gasteiger partial charge in [-0.15, -0.1) is 11.3 Å². The lowest BCUT2D eigenvalue weighted by atomic mass is 10.1. The van der Waals surface area contributed by atoms with E-state index >= 15 is 0 Å². The van der Waals surface area contributed by atoms with Crippen LogP contribution in [0.1, 0.15) is 28.3 Å². The molecule has 2 rings (SSSR count). The SMILES string of the molecule is CCc1ccc(C(CN)N(C)Cc2ccccc2OC)s1. The molecule has 4 heteroatoms. The Hall–Kier alpha value is -1.36. The van der Waals surface area contributed by atoms with Crippen LogP contribution in [-0.4, -0.2) is 25.6 Å². The van der Waals surface area contributed by atoms with Crippen LogP contribution in [-0.2, 0) is 13.0 Å². The zero-order valence-electron chi connectivity index (χ0n) is 13.0. The fourth-order valence-corrected chi connectivity index (χ4v) is 3.62. The quantitative estimate of drug-likeness (QED) is 0.851. The average molecular weight is 304 g/mol. The monoisotopic (exact) mass is 304 g/mol. The van der Waals surface area contributed by atoms with Gasteiger partial charge in [-0.25, -0.2) is 0 Å². The molecular weight excluding hydrogens is 280 g/mol. The van der Waals surface area contributed by atoms with Crippen LogP contribution in [0.15, 0.2) is 36.4 Å². The molecule has 21 heavy (non-hydrogen) atoms. The predicted octanol–water partition coefficient (Wildman–Crippen LogP) is 3.45. The van der Waals surface area contributed by atoms with Crippen molar-refractivity contribution < 1.29 is 4.74 Å². The van der Waals surface area contributed by atoms with Crippen molar-refractivity contribution >= 4 is 11.3 Å². The highest BCUT2D eigenvalue weighted by atomic mass is 32.1. The highest BCUT2D eigenvalue weighted by Crippen LogP contribution is 2.29. The number of hydrogen-bond acceptors (Lipinski definition) is 4. The Balaban J connectivity index is 2.14. The normalized spacial score (nSPS) is 12.6. The Bertz CT molecular complexity index is 567. The van der Waals surface area contributed by atoms with E-state index in [0.29, 0.717) is 6.54 Å². The van der Waals surface area contributed by atoms with Gasteiger partial charge in [0.2, 0.25) is 0 Å². The Morgan fingerprint density at radius 2 is 2.00 bits per heavy atom. The van der Waals surface area contributed by atoms with Crippen molar-refractivity contribution in [3.8, 4) is 5.75 Å². The lowest BCUT2D eigenvalue weighted by Crippen LogP contribution is -2.29. The van der Waals surface area contributed by atoms with Gasteiger partial charge in [0.1, 0.15) is 5.75 Å². The molecule has 0 fully saturated rings. The molecule has 1 atom stereocenters. The molecule has 0 amide bonds. The Labute approximate surface area is 131 Å². The second-order valence-electron chi connectivity index (χ2n) is 5.14. The molecule has 0 saturated carbocycles. The lowest BCUT2D eigenvalue weighted by molar-refractivity contribution is 0.241. The summed E-state index contributed by atoms with van der Waals surface area (Å²) in [6, 6.07) is 12.8. The van der Waals surface area contributed by atoms with E-state index in [1.807, 2.05) is 29.5 Å². The summed E-state index contributed by atoms with van der Waals surface area (Å²) in [6.07, 6.45) is 1.08. The van der Waals surface area contributed by atoms with Crippen LogP contribution < -0.4 is 10.5 Å². The standard InChI is InChI=1S/C17H24N2OS/c1-4-14-9-10-17(21-14)15(11-18)19(2)12-13-7-5-6-8-16(13)20-3/h5-10,15H,4,11-12,18H2,1-3H3. The molecule has 0 aliphatic heterocycles. The summed E-state index contributed by atoms with van der Waals surface area (Å²) in [5.74, 6) is 0.931. The fraction of sp³-hybridized carbons (Fsp3) is 0.412. The van der Waals surface area contributed by atoms with Crippen LogP contribution in [0.3, 0.4) is 0 Å². The van der Waals surface area contributed by atoms with Crippen molar-refractivity contribution in [3.63, 3.8) is 0 Å². The summed E-state index contributed by atoms with van der Waals surface area (Å²) in [5.41, 5.74) is 7.20. The third kappa shape index (κ3) is 3.84. The minimum Gasteiger partial charge on any atom is -0.496 e. The summed E-state index contributed by atoms with van der Waals surface area (Å²) >= 11 is 1.86. The number of thiophene rings is 1. The maximum atomic E-state index is 6.01. The number of para-hydroxylation sites is 1. The molecule has 0 aliphatic rings. The summed E-state index contributed by atoms with van der Waals surface area (Å²) in [5, 5.41) is 0. The first-order chi connectivity index (χ1) is 10.2. The molecule has 3 nitrogen and oxygen atoms in total. The smallest absolute Gasteiger partial charge is 0.123 e. The van der Waals surface area contributed by atoms with Crippen LogP contribution in [0.4, 0.5) is 0 Å². The van der Waals surface area contributed by atoms with Crippen LogP contribution in [0.2, 0.25) is 0 Å². The number of rotatable bonds is 7. The van der Waals surface area contributed by atoms with Gasteiger partial charge in [-0.3, -0.25) is 4.90 Å². The van der Waals surface area contributed by atoms with Gasteiger partial charge in [0.25, 0.3) is 0 Å². The topological polar surface area (TPSA) is 38.5 Å². The zero-order valence-corrected chi connectivity index (χ0v) is 13.8. The van der Waals surface area contributed by atoms with E-state index in [2.05, 4.69) is 37.1 Å². The van der Waals surface area contributed by atoms with Crippen molar-refractivity contribution in [2.75, 3.05) is 20.7 Å². The van der Waals surface area contributed by atoms with Crippen molar-refractivity contribution in [1.82, 2.24) is 4.90 Å². The van der Waals surface area contributed by atoms with Crippen molar-refractivity contribution in [1.29, 1.82) is 0 Å². The van der Waals surface area contributed by atoms with E-state index < -0.39 is 0 Å². The van der Waals surface area contributed by atoms with Gasteiger partial charge in [-0.05, 0) is 31.7 Å². The summed E-state index contributed by atoms with van der Waals surface area (Å²) < 4.78 is 5.43. The van der Waals surface area contributed by atoms with E-state index in [4.69, 9.17) is 10.5 Å². The van der Waals surface area contributed by atoms with Crippen LogP contribution in [0.5, 0.6) is 5.75 Å². The van der Waals surface area contributed by atoms with Crippen LogP contribution in [0, 0.1) is 0 Å². The summed E-state index contributed by atoms with van der Waals surface area (Å²) in [4.78, 5) is 5.05. The first-order valence-electron chi connectivity index (χ1n) is 7.30. The molecule has 1 unspecified atom stereocenters. The van der Waals surface area contributed by atoms with E-state index in [9.17, 15) is 0 Å². The molecular formula is C17H24N2OS. The van der Waals surface area contributed by atoms with Crippen molar-refractivity contribution in [3.05, 3.63) is 51.7 Å². The molecule has 0 radical (unpaired) electrons. The van der Waals surface area contributed by atoms with Gasteiger partial charge in [-0.2, -0.15) is 0 Å². The van der Waals surface area contributed by atoms with Crippen LogP contribution >= 0.6 is 11.3 Å². The van der Waals surface area contributed by atoms with E-state index in [0.717, 1.165) is 18.7 Å². The highest BCUT2D eigenvalue weighted by Gasteiger charge is 2.18. The molecule has 2 N–H and O–H groups in total. The molecule has 0 aliphatic carbocycles. The van der Waals surface area contributed by atoms with Gasteiger partial charge < -0.3 is 10.5 Å². The van der Waals surface area contributed by atoms with Gasteiger partial charge in [-0.1, -0.05) is 25.1 Å². The van der Waals surface area contributed by atoms with Crippen molar-refractivity contribution in [2.24, 2.45) is 5.73 Å². The number of aryl methyl sites for hydroxylation is 1. The number of benzene rings is 1. The Morgan fingerprint density at radius 1 is 1.24 bits per heavy atom. The number of methoxy groups -OCH3 is 1. The molecule has 1 aromatic heterocycles. The summed E-state index contributed by atoms with van der Waals surface area (Å²) in [7, 11) is 3.83. The lowest BCUT2D eigenvalue weighted by Gasteiger charge is -2.26. The van der Waals surface area contributed by atoms with Crippen LogP contribution in [0.25, 0.3) is 0 Å². The van der Waals surface area contributed by atoms with E-state index in [-0.39, 0.29) is 6.04 Å². The average Bonchev–Trinajstić information content (AvgIpc) is 2.97. The molecule has 2 aromatic rings. The van der Waals surface area contributed by atoms with E-state index in [1.165, 1.54) is 15.3 Å². The number of nitrogens with two attached hydrogens (primary N) is 1. The second-order valence-corrected chi connectivity index (χ2v) is 6.34. The third-order valence-corrected chi connectivity index (χ3v) is 5.06. The van der Waals surface area contributed by atoms with Gasteiger partial charge in [0.15, 0.2) is 0 Å². The largest absolute Gasteiger partial charge is 0.496 e. The Morgan fingerprint density at radius 3 is 2.62 bits per heavy atom. The minimum absolute atomic E-state index is 0.250. The minimum atomic E-state index is 0.250. The molecule has 0 spiro atoms. The second kappa shape index (κ2) is 7.59.